The van der Waals surface area contributed by atoms with Crippen molar-refractivity contribution in [1.82, 2.24) is 15.4 Å². The maximum Gasteiger partial charge on any atom is 0.213 e. The Labute approximate surface area is 134 Å². The predicted octanol–water partition coefficient (Wildman–Crippen LogP) is 0.438. The van der Waals surface area contributed by atoms with Crippen molar-refractivity contribution in [3.05, 3.63) is 0 Å². The van der Waals surface area contributed by atoms with E-state index in [-0.39, 0.29) is 24.4 Å². The van der Waals surface area contributed by atoms with E-state index in [4.69, 9.17) is 4.74 Å². The molecule has 130 valence electrons. The number of guanidine groups is 1. The van der Waals surface area contributed by atoms with Gasteiger partial charge in [0.15, 0.2) is 5.96 Å². The van der Waals surface area contributed by atoms with E-state index in [2.05, 4.69) is 20.3 Å². The van der Waals surface area contributed by atoms with Gasteiger partial charge in [-0.2, -0.15) is 0 Å². The van der Waals surface area contributed by atoms with Gasteiger partial charge >= 0.3 is 0 Å². The monoisotopic (exact) mass is 334 g/mol. The lowest BCUT2D eigenvalue weighted by Gasteiger charge is -2.22. The first kappa shape index (κ1) is 19.2. The summed E-state index contributed by atoms with van der Waals surface area (Å²) < 4.78 is 32.0. The van der Waals surface area contributed by atoms with E-state index in [0.717, 1.165) is 32.4 Å². The van der Waals surface area contributed by atoms with Crippen molar-refractivity contribution >= 4 is 16.0 Å². The SMILES string of the molecule is CCNC(=NCCS(=O)(=O)NCC1CCCCO1)NC(C)C. The molecule has 1 atom stereocenters. The molecule has 0 aromatic heterocycles. The zero-order valence-electron chi connectivity index (χ0n) is 13.9. The second-order valence-corrected chi connectivity index (χ2v) is 7.64. The number of ether oxygens (including phenoxy) is 1. The van der Waals surface area contributed by atoms with Crippen LogP contribution in [0.15, 0.2) is 4.99 Å². The van der Waals surface area contributed by atoms with E-state index in [1.54, 1.807) is 0 Å². The van der Waals surface area contributed by atoms with Crippen molar-refractivity contribution < 1.29 is 13.2 Å². The molecule has 0 aliphatic carbocycles. The highest BCUT2D eigenvalue weighted by Gasteiger charge is 2.17. The van der Waals surface area contributed by atoms with Gasteiger partial charge in [-0.05, 0) is 40.0 Å². The van der Waals surface area contributed by atoms with Crippen molar-refractivity contribution in [3.8, 4) is 0 Å². The van der Waals surface area contributed by atoms with Crippen molar-refractivity contribution in [2.45, 2.75) is 52.2 Å². The molecule has 1 unspecified atom stereocenters. The average Bonchev–Trinajstić information content (AvgIpc) is 2.46. The van der Waals surface area contributed by atoms with E-state index >= 15 is 0 Å². The van der Waals surface area contributed by atoms with Gasteiger partial charge in [0.05, 0.1) is 18.4 Å². The molecule has 8 heteroatoms. The number of nitrogens with one attached hydrogen (secondary N) is 3. The molecule has 7 nitrogen and oxygen atoms in total. The molecule has 1 rings (SSSR count). The second-order valence-electron chi connectivity index (χ2n) is 5.72. The molecular weight excluding hydrogens is 304 g/mol. The number of rotatable bonds is 8. The van der Waals surface area contributed by atoms with Crippen molar-refractivity contribution in [3.63, 3.8) is 0 Å². The molecule has 0 amide bonds. The molecule has 1 heterocycles. The van der Waals surface area contributed by atoms with Gasteiger partial charge in [-0.1, -0.05) is 0 Å². The minimum atomic E-state index is -3.31. The molecule has 0 saturated carbocycles. The molecule has 0 radical (unpaired) electrons. The minimum Gasteiger partial charge on any atom is -0.377 e. The third-order valence-corrected chi connectivity index (χ3v) is 4.53. The fraction of sp³-hybridized carbons (Fsp3) is 0.929. The van der Waals surface area contributed by atoms with Crippen LogP contribution < -0.4 is 15.4 Å². The Hall–Kier alpha value is -0.860. The Balaban J connectivity index is 2.36. The van der Waals surface area contributed by atoms with Crippen LogP contribution in [0.4, 0.5) is 0 Å². The molecule has 3 N–H and O–H groups in total. The van der Waals surface area contributed by atoms with Gasteiger partial charge in [-0.15, -0.1) is 0 Å². The largest absolute Gasteiger partial charge is 0.377 e. The Morgan fingerprint density at radius 1 is 1.36 bits per heavy atom. The fourth-order valence-electron chi connectivity index (χ4n) is 2.13. The molecule has 0 spiro atoms. The van der Waals surface area contributed by atoms with Crippen molar-refractivity contribution in [2.24, 2.45) is 4.99 Å². The van der Waals surface area contributed by atoms with Crippen LogP contribution >= 0.6 is 0 Å². The van der Waals surface area contributed by atoms with Gasteiger partial charge in [0.2, 0.25) is 10.0 Å². The quantitative estimate of drug-likeness (QED) is 0.442. The van der Waals surface area contributed by atoms with Gasteiger partial charge in [0.1, 0.15) is 0 Å². The van der Waals surface area contributed by atoms with Crippen molar-refractivity contribution in [2.75, 3.05) is 32.0 Å². The highest BCUT2D eigenvalue weighted by atomic mass is 32.2. The number of sulfonamides is 1. The van der Waals surface area contributed by atoms with Crippen LogP contribution in [0.5, 0.6) is 0 Å². The highest BCUT2D eigenvalue weighted by molar-refractivity contribution is 7.89. The molecule has 1 aliphatic heterocycles. The second kappa shape index (κ2) is 10.0. The molecular formula is C14H30N4O3S. The van der Waals surface area contributed by atoms with Gasteiger partial charge in [0, 0.05) is 25.7 Å². The highest BCUT2D eigenvalue weighted by Crippen LogP contribution is 2.11. The summed E-state index contributed by atoms with van der Waals surface area (Å²) in [4.78, 5) is 4.28. The summed E-state index contributed by atoms with van der Waals surface area (Å²) in [5.41, 5.74) is 0. The summed E-state index contributed by atoms with van der Waals surface area (Å²) in [6.45, 7) is 8.04. The van der Waals surface area contributed by atoms with E-state index < -0.39 is 10.0 Å². The van der Waals surface area contributed by atoms with E-state index in [1.165, 1.54) is 0 Å². The lowest BCUT2D eigenvalue weighted by atomic mass is 10.1. The van der Waals surface area contributed by atoms with Crippen LogP contribution in [0.1, 0.15) is 40.0 Å². The van der Waals surface area contributed by atoms with Crippen LogP contribution in [0, 0.1) is 0 Å². The first-order valence-electron chi connectivity index (χ1n) is 8.06. The van der Waals surface area contributed by atoms with Gasteiger partial charge in [-0.25, -0.2) is 13.1 Å². The zero-order valence-corrected chi connectivity index (χ0v) is 14.7. The van der Waals surface area contributed by atoms with Crippen LogP contribution in [0.3, 0.4) is 0 Å². The maximum atomic E-state index is 12.0. The van der Waals surface area contributed by atoms with E-state index in [0.29, 0.717) is 12.5 Å². The number of aliphatic imine (C=N–C) groups is 1. The predicted molar refractivity (Wildman–Crippen MR) is 89.6 cm³/mol. The summed E-state index contributed by atoms with van der Waals surface area (Å²) in [5.74, 6) is 0.623. The Morgan fingerprint density at radius 3 is 2.73 bits per heavy atom. The summed E-state index contributed by atoms with van der Waals surface area (Å²) >= 11 is 0. The Bertz CT molecular complexity index is 431. The smallest absolute Gasteiger partial charge is 0.213 e. The van der Waals surface area contributed by atoms with Gasteiger partial charge in [0.25, 0.3) is 0 Å². The first-order valence-corrected chi connectivity index (χ1v) is 9.72. The Morgan fingerprint density at radius 2 is 2.14 bits per heavy atom. The third kappa shape index (κ3) is 8.55. The average molecular weight is 334 g/mol. The third-order valence-electron chi connectivity index (χ3n) is 3.20. The molecule has 0 bridgehead atoms. The van der Waals surface area contributed by atoms with Crippen LogP contribution in [-0.4, -0.2) is 58.5 Å². The number of nitrogens with zero attached hydrogens (tertiary/aromatic N) is 1. The van der Waals surface area contributed by atoms with Crippen LogP contribution in [-0.2, 0) is 14.8 Å². The van der Waals surface area contributed by atoms with E-state index in [9.17, 15) is 8.42 Å². The Kier molecular flexibility index (Phi) is 8.74. The maximum absolute atomic E-state index is 12.0. The molecule has 22 heavy (non-hydrogen) atoms. The van der Waals surface area contributed by atoms with Gasteiger partial charge < -0.3 is 15.4 Å². The molecule has 1 saturated heterocycles. The number of hydrogen-bond acceptors (Lipinski definition) is 4. The fourth-order valence-corrected chi connectivity index (χ4v) is 3.05. The molecule has 1 fully saturated rings. The molecule has 0 aromatic carbocycles. The number of hydrogen-bond donors (Lipinski definition) is 3. The lowest BCUT2D eigenvalue weighted by molar-refractivity contribution is 0.0200. The summed E-state index contributed by atoms with van der Waals surface area (Å²) in [6.07, 6.45) is 3.09. The zero-order chi connectivity index (χ0) is 16.4. The molecule has 0 aromatic rings. The van der Waals surface area contributed by atoms with Crippen LogP contribution in [0.25, 0.3) is 0 Å². The molecule has 1 aliphatic rings. The summed E-state index contributed by atoms with van der Waals surface area (Å²) in [6, 6.07) is 0.246. The normalized spacial score (nSPS) is 20.2. The minimum absolute atomic E-state index is 0.00644. The van der Waals surface area contributed by atoms with Gasteiger partial charge in [-0.3, -0.25) is 4.99 Å². The summed E-state index contributed by atoms with van der Waals surface area (Å²) in [5, 5.41) is 6.24. The lowest BCUT2D eigenvalue weighted by Crippen LogP contribution is -2.41. The standard InChI is InChI=1S/C14H30N4O3S/c1-4-15-14(18-12(2)3)16-8-10-22(19,20)17-11-13-7-5-6-9-21-13/h12-13,17H,4-11H2,1-3H3,(H2,15,16,18). The van der Waals surface area contributed by atoms with E-state index in [1.807, 2.05) is 20.8 Å². The van der Waals surface area contributed by atoms with Crippen LogP contribution in [0.2, 0.25) is 0 Å². The topological polar surface area (TPSA) is 91.8 Å². The first-order chi connectivity index (χ1) is 10.4. The van der Waals surface area contributed by atoms with Crippen molar-refractivity contribution in [1.29, 1.82) is 0 Å². The summed E-state index contributed by atoms with van der Waals surface area (Å²) in [7, 11) is -3.31.